The van der Waals surface area contributed by atoms with Crippen molar-refractivity contribution in [2.45, 2.75) is 0 Å². The second-order valence-electron chi connectivity index (χ2n) is 4.37. The van der Waals surface area contributed by atoms with E-state index in [1.54, 1.807) is 0 Å². The zero-order valence-corrected chi connectivity index (χ0v) is 10.4. The largest absolute Gasteiger partial charge is 0.478 e. The molecule has 0 aliphatic carbocycles. The van der Waals surface area contributed by atoms with Crippen molar-refractivity contribution in [3.05, 3.63) is 64.1 Å². The number of hydrogen-bond acceptors (Lipinski definition) is 2. The van der Waals surface area contributed by atoms with Crippen LogP contribution in [0.15, 0.2) is 41.2 Å². The highest BCUT2D eigenvalue weighted by Crippen LogP contribution is 2.21. The van der Waals surface area contributed by atoms with Crippen LogP contribution in [0.1, 0.15) is 10.4 Å². The SMILES string of the molecule is O=C(O)c1cccc2[nH]c(=O)n(-c3ccc(F)c(F)c3)c12. The third-order valence-electron chi connectivity index (χ3n) is 3.10. The van der Waals surface area contributed by atoms with Crippen LogP contribution in [-0.2, 0) is 0 Å². The molecule has 2 N–H and O–H groups in total. The average Bonchev–Trinajstić information content (AvgIpc) is 2.77. The van der Waals surface area contributed by atoms with E-state index >= 15 is 0 Å². The molecule has 0 saturated heterocycles. The molecule has 0 radical (unpaired) electrons. The Bertz CT molecular complexity index is 928. The van der Waals surface area contributed by atoms with Crippen LogP contribution in [0.3, 0.4) is 0 Å². The van der Waals surface area contributed by atoms with Crippen molar-refractivity contribution < 1.29 is 18.7 Å². The van der Waals surface area contributed by atoms with Crippen molar-refractivity contribution in [3.63, 3.8) is 0 Å². The number of imidazole rings is 1. The standard InChI is InChI=1S/C14H8F2N2O3/c15-9-5-4-7(6-10(9)16)18-12-8(13(19)20)2-1-3-11(12)17-14(18)21/h1-6H,(H,17,21)(H,19,20). The van der Waals surface area contributed by atoms with E-state index in [0.717, 1.165) is 16.7 Å². The molecule has 0 fully saturated rings. The van der Waals surface area contributed by atoms with Gasteiger partial charge in [-0.25, -0.2) is 18.4 Å². The molecule has 0 unspecified atom stereocenters. The van der Waals surface area contributed by atoms with Crippen molar-refractivity contribution in [1.82, 2.24) is 9.55 Å². The van der Waals surface area contributed by atoms with Crippen molar-refractivity contribution in [3.8, 4) is 5.69 Å². The van der Waals surface area contributed by atoms with E-state index < -0.39 is 23.3 Å². The van der Waals surface area contributed by atoms with Gasteiger partial charge < -0.3 is 10.1 Å². The van der Waals surface area contributed by atoms with Gasteiger partial charge in [0, 0.05) is 6.07 Å². The molecule has 3 aromatic rings. The van der Waals surface area contributed by atoms with Gasteiger partial charge in [-0.2, -0.15) is 0 Å². The number of carboxylic acid groups (broad SMARTS) is 1. The number of para-hydroxylation sites is 1. The fraction of sp³-hybridized carbons (Fsp3) is 0. The molecule has 3 rings (SSSR count). The molecule has 1 aromatic heterocycles. The van der Waals surface area contributed by atoms with Crippen LogP contribution in [0.25, 0.3) is 16.7 Å². The minimum absolute atomic E-state index is 0.0406. The molecule has 0 amide bonds. The number of H-pyrrole nitrogens is 1. The van der Waals surface area contributed by atoms with Gasteiger partial charge in [-0.3, -0.25) is 4.57 Å². The van der Waals surface area contributed by atoms with Gasteiger partial charge in [-0.1, -0.05) is 6.07 Å². The summed E-state index contributed by atoms with van der Waals surface area (Å²) in [6.07, 6.45) is 0. The number of nitrogens with one attached hydrogen (secondary N) is 1. The molecule has 0 aliphatic rings. The molecule has 0 spiro atoms. The van der Waals surface area contributed by atoms with E-state index in [1.165, 1.54) is 24.3 Å². The molecule has 7 heteroatoms. The number of aromatic carboxylic acids is 1. The van der Waals surface area contributed by atoms with Crippen LogP contribution >= 0.6 is 0 Å². The molecule has 21 heavy (non-hydrogen) atoms. The molecule has 106 valence electrons. The minimum atomic E-state index is -1.23. The Kier molecular flexibility index (Phi) is 2.83. The summed E-state index contributed by atoms with van der Waals surface area (Å²) in [5.74, 6) is -3.40. The number of carbonyl (C=O) groups is 1. The Morgan fingerprint density at radius 2 is 1.90 bits per heavy atom. The van der Waals surface area contributed by atoms with E-state index in [1.807, 2.05) is 0 Å². The number of fused-ring (bicyclic) bond motifs is 1. The maximum Gasteiger partial charge on any atom is 0.337 e. The first-order chi connectivity index (χ1) is 9.99. The number of rotatable bonds is 2. The Balaban J connectivity index is 2.41. The lowest BCUT2D eigenvalue weighted by Gasteiger charge is -2.06. The topological polar surface area (TPSA) is 75.1 Å². The quantitative estimate of drug-likeness (QED) is 0.760. The molecular weight excluding hydrogens is 282 g/mol. The van der Waals surface area contributed by atoms with E-state index in [2.05, 4.69) is 4.98 Å². The van der Waals surface area contributed by atoms with Gasteiger partial charge in [-0.05, 0) is 24.3 Å². The zero-order valence-electron chi connectivity index (χ0n) is 10.4. The van der Waals surface area contributed by atoms with Crippen molar-refractivity contribution in [1.29, 1.82) is 0 Å². The van der Waals surface area contributed by atoms with Gasteiger partial charge in [0.1, 0.15) is 0 Å². The first kappa shape index (κ1) is 13.0. The number of nitrogens with zero attached hydrogens (tertiary/aromatic N) is 1. The molecule has 0 saturated carbocycles. The fourth-order valence-corrected chi connectivity index (χ4v) is 2.20. The van der Waals surface area contributed by atoms with E-state index in [0.29, 0.717) is 5.52 Å². The highest BCUT2D eigenvalue weighted by molar-refractivity contribution is 6.01. The Labute approximate surface area is 116 Å². The van der Waals surface area contributed by atoms with E-state index in [9.17, 15) is 23.5 Å². The summed E-state index contributed by atoms with van der Waals surface area (Å²) in [6, 6.07) is 7.25. The second kappa shape index (κ2) is 4.55. The summed E-state index contributed by atoms with van der Waals surface area (Å²) in [5, 5.41) is 9.20. The molecular formula is C14H8F2N2O3. The van der Waals surface area contributed by atoms with Crippen LogP contribution < -0.4 is 5.69 Å². The highest BCUT2D eigenvalue weighted by atomic mass is 19.2. The Hall–Kier alpha value is -2.96. The minimum Gasteiger partial charge on any atom is -0.478 e. The predicted molar refractivity (Wildman–Crippen MR) is 70.8 cm³/mol. The van der Waals surface area contributed by atoms with E-state index in [-0.39, 0.29) is 16.8 Å². The number of carboxylic acids is 1. The highest BCUT2D eigenvalue weighted by Gasteiger charge is 2.17. The first-order valence-corrected chi connectivity index (χ1v) is 5.91. The summed E-state index contributed by atoms with van der Waals surface area (Å²) in [5.41, 5.74) is -0.315. The number of halogens is 2. The van der Waals surface area contributed by atoms with Gasteiger partial charge in [0.15, 0.2) is 11.6 Å². The maximum absolute atomic E-state index is 13.3. The summed E-state index contributed by atoms with van der Waals surface area (Å²) in [4.78, 5) is 25.8. The smallest absolute Gasteiger partial charge is 0.337 e. The van der Waals surface area contributed by atoms with Crippen LogP contribution in [0.4, 0.5) is 8.78 Å². The van der Waals surface area contributed by atoms with Crippen LogP contribution in [0, 0.1) is 11.6 Å². The van der Waals surface area contributed by atoms with Crippen LogP contribution in [0.5, 0.6) is 0 Å². The third-order valence-corrected chi connectivity index (χ3v) is 3.10. The Morgan fingerprint density at radius 3 is 2.57 bits per heavy atom. The van der Waals surface area contributed by atoms with Gasteiger partial charge >= 0.3 is 11.7 Å². The van der Waals surface area contributed by atoms with Crippen LogP contribution in [-0.4, -0.2) is 20.6 Å². The van der Waals surface area contributed by atoms with Gasteiger partial charge in [0.2, 0.25) is 0 Å². The third kappa shape index (κ3) is 1.99. The summed E-state index contributed by atoms with van der Waals surface area (Å²) in [7, 11) is 0. The normalized spacial score (nSPS) is 11.0. The summed E-state index contributed by atoms with van der Waals surface area (Å²) in [6.45, 7) is 0. The molecule has 2 aromatic carbocycles. The lowest BCUT2D eigenvalue weighted by Crippen LogP contribution is -2.16. The predicted octanol–water partition coefficient (Wildman–Crippen LogP) is 2.30. The Morgan fingerprint density at radius 1 is 1.14 bits per heavy atom. The number of aromatic amines is 1. The van der Waals surface area contributed by atoms with Crippen molar-refractivity contribution in [2.24, 2.45) is 0 Å². The maximum atomic E-state index is 13.3. The second-order valence-corrected chi connectivity index (χ2v) is 4.37. The monoisotopic (exact) mass is 290 g/mol. The fourth-order valence-electron chi connectivity index (χ4n) is 2.20. The molecule has 0 atom stereocenters. The summed E-state index contributed by atoms with van der Waals surface area (Å²) >= 11 is 0. The first-order valence-electron chi connectivity index (χ1n) is 5.91. The van der Waals surface area contributed by atoms with Crippen LogP contribution in [0.2, 0.25) is 0 Å². The van der Waals surface area contributed by atoms with Gasteiger partial charge in [-0.15, -0.1) is 0 Å². The number of benzene rings is 2. The van der Waals surface area contributed by atoms with Crippen molar-refractivity contribution in [2.75, 3.05) is 0 Å². The van der Waals surface area contributed by atoms with Gasteiger partial charge in [0.25, 0.3) is 0 Å². The zero-order chi connectivity index (χ0) is 15.1. The van der Waals surface area contributed by atoms with Crippen molar-refractivity contribution >= 4 is 17.0 Å². The molecule has 5 nitrogen and oxygen atoms in total. The average molecular weight is 290 g/mol. The molecule has 0 aliphatic heterocycles. The molecule has 1 heterocycles. The summed E-state index contributed by atoms with van der Waals surface area (Å²) < 4.78 is 27.3. The van der Waals surface area contributed by atoms with Gasteiger partial charge in [0.05, 0.1) is 22.3 Å². The lowest BCUT2D eigenvalue weighted by molar-refractivity contribution is 0.0698. The number of aromatic nitrogens is 2. The number of hydrogen-bond donors (Lipinski definition) is 2. The molecule has 0 bridgehead atoms. The van der Waals surface area contributed by atoms with E-state index in [4.69, 9.17) is 0 Å². The lowest BCUT2D eigenvalue weighted by atomic mass is 10.1.